The number of nitrogens with one attached hydrogen (secondary N) is 1. The average molecular weight is 374 g/mol. The Hall–Kier alpha value is 0.1000. The highest BCUT2D eigenvalue weighted by atomic mass is 79.9. The van der Waals surface area contributed by atoms with Gasteiger partial charge in [0.15, 0.2) is 0 Å². The summed E-state index contributed by atoms with van der Waals surface area (Å²) in [5, 5.41) is 5.91. The summed E-state index contributed by atoms with van der Waals surface area (Å²) in [6.07, 6.45) is 8.79. The van der Waals surface area contributed by atoms with Crippen molar-refractivity contribution in [2.75, 3.05) is 13.2 Å². The predicted octanol–water partition coefficient (Wildman–Crippen LogP) is 5.16. The summed E-state index contributed by atoms with van der Waals surface area (Å²) in [6, 6.07) is 2.68. The lowest BCUT2D eigenvalue weighted by molar-refractivity contribution is -0.0762. The molecule has 0 aromatic carbocycles. The van der Waals surface area contributed by atoms with Gasteiger partial charge in [-0.15, -0.1) is 11.3 Å². The van der Waals surface area contributed by atoms with Crippen molar-refractivity contribution in [1.29, 1.82) is 0 Å². The van der Waals surface area contributed by atoms with Gasteiger partial charge in [-0.2, -0.15) is 0 Å². The fourth-order valence-corrected chi connectivity index (χ4v) is 5.06. The van der Waals surface area contributed by atoms with Crippen molar-refractivity contribution in [2.24, 2.45) is 0 Å². The first-order valence-electron chi connectivity index (χ1n) is 8.30. The quantitative estimate of drug-likeness (QED) is 0.666. The predicted molar refractivity (Wildman–Crippen MR) is 95.2 cm³/mol. The molecule has 1 atom stereocenters. The standard InChI is InChI=1S/C17H28BrNOS/c1-3-19-16(12-15-11-14(18)13-21-15)17(20-4-2)9-7-5-6-8-10-17/h11,13,16,19H,3-10,12H2,1-2H3. The molecule has 2 rings (SSSR count). The first-order valence-corrected chi connectivity index (χ1v) is 9.97. The molecule has 1 saturated carbocycles. The topological polar surface area (TPSA) is 21.3 Å². The third-order valence-corrected chi connectivity index (χ3v) is 6.21. The summed E-state index contributed by atoms with van der Waals surface area (Å²) in [7, 11) is 0. The lowest BCUT2D eigenvalue weighted by Crippen LogP contribution is -2.53. The minimum absolute atomic E-state index is 0.0255. The summed E-state index contributed by atoms with van der Waals surface area (Å²) < 4.78 is 7.57. The molecule has 1 fully saturated rings. The minimum atomic E-state index is 0.0255. The fraction of sp³-hybridized carbons (Fsp3) is 0.765. The molecule has 0 spiro atoms. The van der Waals surface area contributed by atoms with E-state index in [0.717, 1.165) is 19.6 Å². The first kappa shape index (κ1) is 17.5. The highest BCUT2D eigenvalue weighted by Crippen LogP contribution is 2.36. The van der Waals surface area contributed by atoms with Gasteiger partial charge in [0.2, 0.25) is 0 Å². The number of hydrogen-bond acceptors (Lipinski definition) is 3. The molecular formula is C17H28BrNOS. The van der Waals surface area contributed by atoms with E-state index in [1.54, 1.807) is 0 Å². The van der Waals surface area contributed by atoms with Crippen LogP contribution in [0.3, 0.4) is 0 Å². The van der Waals surface area contributed by atoms with Crippen molar-refractivity contribution >= 4 is 27.3 Å². The molecule has 0 aliphatic heterocycles. The number of halogens is 1. The van der Waals surface area contributed by atoms with Crippen molar-refractivity contribution in [1.82, 2.24) is 5.32 Å². The second-order valence-electron chi connectivity index (χ2n) is 5.96. The highest BCUT2D eigenvalue weighted by molar-refractivity contribution is 9.10. The Bertz CT molecular complexity index is 413. The van der Waals surface area contributed by atoms with Gasteiger partial charge in [0.25, 0.3) is 0 Å². The Labute approximate surface area is 141 Å². The van der Waals surface area contributed by atoms with Crippen LogP contribution in [-0.2, 0) is 11.2 Å². The van der Waals surface area contributed by atoms with Crippen molar-refractivity contribution in [2.45, 2.75) is 70.4 Å². The van der Waals surface area contributed by atoms with Gasteiger partial charge in [0.05, 0.1) is 5.60 Å². The van der Waals surface area contributed by atoms with E-state index >= 15 is 0 Å². The van der Waals surface area contributed by atoms with E-state index in [1.807, 2.05) is 11.3 Å². The molecule has 2 nitrogen and oxygen atoms in total. The van der Waals surface area contributed by atoms with Gasteiger partial charge >= 0.3 is 0 Å². The van der Waals surface area contributed by atoms with Crippen molar-refractivity contribution < 1.29 is 4.74 Å². The average Bonchev–Trinajstić information content (AvgIpc) is 2.73. The van der Waals surface area contributed by atoms with Crippen molar-refractivity contribution in [3.63, 3.8) is 0 Å². The third kappa shape index (κ3) is 4.78. The number of rotatable bonds is 7. The minimum Gasteiger partial charge on any atom is -0.374 e. The van der Waals surface area contributed by atoms with Crippen LogP contribution in [0.15, 0.2) is 15.9 Å². The van der Waals surface area contributed by atoms with Crippen molar-refractivity contribution in [3.05, 3.63) is 20.8 Å². The fourth-order valence-electron chi connectivity index (χ4n) is 3.56. The molecule has 0 amide bonds. The molecule has 1 N–H and O–H groups in total. The van der Waals surface area contributed by atoms with E-state index in [-0.39, 0.29) is 5.60 Å². The number of thiophene rings is 1. The lowest BCUT2D eigenvalue weighted by atomic mass is 9.83. The zero-order valence-electron chi connectivity index (χ0n) is 13.3. The Balaban J connectivity index is 2.17. The van der Waals surface area contributed by atoms with E-state index in [1.165, 1.54) is 47.9 Å². The summed E-state index contributed by atoms with van der Waals surface area (Å²) in [6.45, 7) is 6.16. The number of likely N-dealkylation sites (N-methyl/N-ethyl adjacent to an activating group) is 1. The maximum absolute atomic E-state index is 6.37. The normalized spacial score (nSPS) is 20.1. The lowest BCUT2D eigenvalue weighted by Gasteiger charge is -2.40. The second-order valence-corrected chi connectivity index (χ2v) is 7.87. The number of ether oxygens (including phenoxy) is 1. The van der Waals surface area contributed by atoms with E-state index < -0.39 is 0 Å². The molecule has 0 radical (unpaired) electrons. The van der Waals surface area contributed by atoms with Crippen LogP contribution in [0.4, 0.5) is 0 Å². The summed E-state index contributed by atoms with van der Waals surface area (Å²) in [5.41, 5.74) is 0.0255. The molecule has 1 aromatic rings. The van der Waals surface area contributed by atoms with Crippen LogP contribution in [0.25, 0.3) is 0 Å². The van der Waals surface area contributed by atoms with E-state index in [9.17, 15) is 0 Å². The van der Waals surface area contributed by atoms with Crippen LogP contribution in [-0.4, -0.2) is 24.8 Å². The Morgan fingerprint density at radius 3 is 2.52 bits per heavy atom. The van der Waals surface area contributed by atoms with E-state index in [4.69, 9.17) is 4.74 Å². The largest absolute Gasteiger partial charge is 0.374 e. The molecular weight excluding hydrogens is 346 g/mol. The molecule has 120 valence electrons. The monoisotopic (exact) mass is 373 g/mol. The van der Waals surface area contributed by atoms with Crippen LogP contribution in [0.1, 0.15) is 57.2 Å². The molecule has 4 heteroatoms. The Kier molecular flexibility index (Phi) is 7.20. The Morgan fingerprint density at radius 1 is 1.29 bits per heavy atom. The van der Waals surface area contributed by atoms with Gasteiger partial charge in [0, 0.05) is 27.4 Å². The first-order chi connectivity index (χ1) is 10.2. The molecule has 21 heavy (non-hydrogen) atoms. The molecule has 1 aliphatic carbocycles. The molecule has 1 aromatic heterocycles. The van der Waals surface area contributed by atoms with Gasteiger partial charge < -0.3 is 10.1 Å². The molecule has 0 saturated heterocycles. The highest BCUT2D eigenvalue weighted by Gasteiger charge is 2.39. The van der Waals surface area contributed by atoms with Crippen LogP contribution >= 0.6 is 27.3 Å². The Morgan fingerprint density at radius 2 is 2.00 bits per heavy atom. The molecule has 0 bridgehead atoms. The van der Waals surface area contributed by atoms with Crippen LogP contribution in [0.5, 0.6) is 0 Å². The van der Waals surface area contributed by atoms with Crippen LogP contribution in [0, 0.1) is 0 Å². The van der Waals surface area contributed by atoms with Crippen LogP contribution in [0.2, 0.25) is 0 Å². The van der Waals surface area contributed by atoms with Crippen molar-refractivity contribution in [3.8, 4) is 0 Å². The molecule has 1 heterocycles. The molecule has 1 aliphatic rings. The second kappa shape index (κ2) is 8.66. The zero-order chi connectivity index (χ0) is 15.1. The summed E-state index contributed by atoms with van der Waals surface area (Å²) in [4.78, 5) is 1.44. The zero-order valence-corrected chi connectivity index (χ0v) is 15.7. The summed E-state index contributed by atoms with van der Waals surface area (Å²) in [5.74, 6) is 0. The van der Waals surface area contributed by atoms with Gasteiger partial charge in [-0.3, -0.25) is 0 Å². The maximum atomic E-state index is 6.37. The van der Waals surface area contributed by atoms with Gasteiger partial charge in [-0.25, -0.2) is 0 Å². The smallest absolute Gasteiger partial charge is 0.0838 e. The number of hydrogen-bond donors (Lipinski definition) is 1. The van der Waals surface area contributed by atoms with Gasteiger partial charge in [-0.05, 0) is 54.7 Å². The van der Waals surface area contributed by atoms with Gasteiger partial charge in [-0.1, -0.05) is 32.6 Å². The van der Waals surface area contributed by atoms with Crippen LogP contribution < -0.4 is 5.32 Å². The van der Waals surface area contributed by atoms with E-state index in [0.29, 0.717) is 6.04 Å². The SMILES string of the molecule is CCNC(Cc1cc(Br)cs1)C1(OCC)CCCCCC1. The third-order valence-electron chi connectivity index (χ3n) is 4.49. The molecule has 1 unspecified atom stereocenters. The summed E-state index contributed by atoms with van der Waals surface area (Å²) >= 11 is 5.42. The van der Waals surface area contributed by atoms with E-state index in [2.05, 4.69) is 46.5 Å². The van der Waals surface area contributed by atoms with Gasteiger partial charge in [0.1, 0.15) is 0 Å². The maximum Gasteiger partial charge on any atom is 0.0838 e.